The lowest BCUT2D eigenvalue weighted by Gasteiger charge is -2.09. The number of carbonyl (C=O) groups excluding carboxylic acids is 1. The fourth-order valence-corrected chi connectivity index (χ4v) is 2.74. The standard InChI is InChI=1S/C14H17BrN2O3/c1-5-20-13(18)9-6-12-11(7-10(9)15)16(4)14(19)17(12)8(2)3/h6-8H,5H2,1-4H3. The Kier molecular flexibility index (Phi) is 4.04. The smallest absolute Gasteiger partial charge is 0.339 e. The van der Waals surface area contributed by atoms with Gasteiger partial charge in [-0.05, 0) is 48.8 Å². The van der Waals surface area contributed by atoms with E-state index in [2.05, 4.69) is 15.9 Å². The fraction of sp³-hybridized carbons (Fsp3) is 0.429. The van der Waals surface area contributed by atoms with Crippen molar-refractivity contribution in [2.24, 2.45) is 7.05 Å². The summed E-state index contributed by atoms with van der Waals surface area (Å²) in [5.41, 5.74) is 1.85. The van der Waals surface area contributed by atoms with Crippen molar-refractivity contribution in [3.05, 3.63) is 32.7 Å². The molecule has 0 N–H and O–H groups in total. The summed E-state index contributed by atoms with van der Waals surface area (Å²) in [5, 5.41) is 0. The normalized spacial score (nSPS) is 11.3. The van der Waals surface area contributed by atoms with Crippen LogP contribution in [0.3, 0.4) is 0 Å². The van der Waals surface area contributed by atoms with E-state index in [0.717, 1.165) is 11.0 Å². The molecule has 1 aromatic carbocycles. The summed E-state index contributed by atoms with van der Waals surface area (Å²) in [7, 11) is 1.72. The number of aromatic nitrogens is 2. The van der Waals surface area contributed by atoms with Gasteiger partial charge in [0.1, 0.15) is 0 Å². The zero-order chi connectivity index (χ0) is 15.0. The quantitative estimate of drug-likeness (QED) is 0.807. The zero-order valence-electron chi connectivity index (χ0n) is 11.9. The van der Waals surface area contributed by atoms with Gasteiger partial charge in [0, 0.05) is 17.6 Å². The van der Waals surface area contributed by atoms with Crippen molar-refractivity contribution < 1.29 is 9.53 Å². The van der Waals surface area contributed by atoms with Crippen LogP contribution in [0.15, 0.2) is 21.4 Å². The van der Waals surface area contributed by atoms with E-state index in [1.54, 1.807) is 35.2 Å². The number of benzene rings is 1. The first kappa shape index (κ1) is 14.8. The topological polar surface area (TPSA) is 53.2 Å². The zero-order valence-corrected chi connectivity index (χ0v) is 13.5. The lowest BCUT2D eigenvalue weighted by molar-refractivity contribution is 0.0525. The van der Waals surface area contributed by atoms with E-state index >= 15 is 0 Å². The number of ether oxygens (including phenoxy) is 1. The highest BCUT2D eigenvalue weighted by molar-refractivity contribution is 9.10. The molecule has 0 amide bonds. The van der Waals surface area contributed by atoms with Gasteiger partial charge >= 0.3 is 11.7 Å². The van der Waals surface area contributed by atoms with Gasteiger partial charge in [-0.3, -0.25) is 9.13 Å². The highest BCUT2D eigenvalue weighted by atomic mass is 79.9. The Morgan fingerprint density at radius 3 is 2.55 bits per heavy atom. The highest BCUT2D eigenvalue weighted by Gasteiger charge is 2.18. The number of hydrogen-bond donors (Lipinski definition) is 0. The minimum absolute atomic E-state index is 0.0161. The Morgan fingerprint density at radius 1 is 1.35 bits per heavy atom. The molecule has 1 aromatic heterocycles. The predicted molar refractivity (Wildman–Crippen MR) is 81.2 cm³/mol. The number of hydrogen-bond acceptors (Lipinski definition) is 3. The van der Waals surface area contributed by atoms with Crippen LogP contribution in [-0.4, -0.2) is 21.7 Å². The van der Waals surface area contributed by atoms with Crippen LogP contribution in [0.2, 0.25) is 0 Å². The van der Waals surface area contributed by atoms with E-state index in [0.29, 0.717) is 16.6 Å². The molecule has 0 spiro atoms. The van der Waals surface area contributed by atoms with E-state index in [1.165, 1.54) is 0 Å². The van der Waals surface area contributed by atoms with Crippen molar-refractivity contribution in [2.75, 3.05) is 6.61 Å². The van der Waals surface area contributed by atoms with E-state index in [1.807, 2.05) is 13.8 Å². The molecule has 0 bridgehead atoms. The second-order valence-corrected chi connectivity index (χ2v) is 5.70. The molecule has 2 aromatic rings. The number of imidazole rings is 1. The van der Waals surface area contributed by atoms with E-state index in [-0.39, 0.29) is 11.7 Å². The average Bonchev–Trinajstić information content (AvgIpc) is 2.61. The van der Waals surface area contributed by atoms with Crippen LogP contribution in [0.1, 0.15) is 37.2 Å². The number of aryl methyl sites for hydroxylation is 1. The molecule has 2 rings (SSSR count). The SMILES string of the molecule is CCOC(=O)c1cc2c(cc1Br)n(C)c(=O)n2C(C)C. The van der Waals surface area contributed by atoms with Crippen LogP contribution in [0.4, 0.5) is 0 Å². The first-order valence-corrected chi connectivity index (χ1v) is 7.25. The van der Waals surface area contributed by atoms with Gasteiger partial charge in [0.2, 0.25) is 0 Å². The van der Waals surface area contributed by atoms with Crippen molar-refractivity contribution in [1.82, 2.24) is 9.13 Å². The van der Waals surface area contributed by atoms with Gasteiger partial charge in [-0.1, -0.05) is 0 Å². The van der Waals surface area contributed by atoms with Crippen LogP contribution in [0.5, 0.6) is 0 Å². The molecule has 0 aliphatic rings. The van der Waals surface area contributed by atoms with Crippen molar-refractivity contribution in [3.63, 3.8) is 0 Å². The lowest BCUT2D eigenvalue weighted by atomic mass is 10.2. The monoisotopic (exact) mass is 340 g/mol. The summed E-state index contributed by atoms with van der Waals surface area (Å²) in [6.45, 7) is 5.95. The van der Waals surface area contributed by atoms with Gasteiger partial charge in [0.15, 0.2) is 0 Å². The third-order valence-corrected chi connectivity index (χ3v) is 3.85. The van der Waals surface area contributed by atoms with Crippen LogP contribution in [-0.2, 0) is 11.8 Å². The summed E-state index contributed by atoms with van der Waals surface area (Å²) >= 11 is 3.37. The van der Waals surface area contributed by atoms with Crippen LogP contribution in [0.25, 0.3) is 11.0 Å². The number of halogens is 1. The summed E-state index contributed by atoms with van der Waals surface area (Å²) in [5.74, 6) is -0.395. The van der Waals surface area contributed by atoms with Crippen LogP contribution < -0.4 is 5.69 Å². The summed E-state index contributed by atoms with van der Waals surface area (Å²) in [4.78, 5) is 24.2. The predicted octanol–water partition coefficient (Wildman–Crippen LogP) is 2.86. The number of rotatable bonds is 3. The molecule has 0 aliphatic heterocycles. The van der Waals surface area contributed by atoms with E-state index < -0.39 is 5.97 Å². The van der Waals surface area contributed by atoms with Crippen molar-refractivity contribution in [1.29, 1.82) is 0 Å². The van der Waals surface area contributed by atoms with E-state index in [9.17, 15) is 9.59 Å². The summed E-state index contributed by atoms with van der Waals surface area (Å²) in [6, 6.07) is 3.50. The third-order valence-electron chi connectivity index (χ3n) is 3.19. The maximum atomic E-state index is 12.2. The Bertz CT molecular complexity index is 728. The van der Waals surface area contributed by atoms with Gasteiger partial charge in [0.05, 0.1) is 23.2 Å². The first-order valence-electron chi connectivity index (χ1n) is 6.46. The number of esters is 1. The van der Waals surface area contributed by atoms with Crippen LogP contribution in [0, 0.1) is 0 Å². The molecule has 0 saturated carbocycles. The third kappa shape index (κ3) is 2.28. The number of nitrogens with zero attached hydrogens (tertiary/aromatic N) is 2. The van der Waals surface area contributed by atoms with Gasteiger partial charge in [-0.15, -0.1) is 0 Å². The molecule has 6 heteroatoms. The average molecular weight is 341 g/mol. The second kappa shape index (κ2) is 5.44. The highest BCUT2D eigenvalue weighted by Crippen LogP contribution is 2.26. The molecule has 20 heavy (non-hydrogen) atoms. The number of carbonyl (C=O) groups is 1. The Balaban J connectivity index is 2.78. The molecule has 0 radical (unpaired) electrons. The van der Waals surface area contributed by atoms with Gasteiger partial charge < -0.3 is 4.74 Å². The Hall–Kier alpha value is -1.56. The lowest BCUT2D eigenvalue weighted by Crippen LogP contribution is -2.23. The second-order valence-electron chi connectivity index (χ2n) is 4.85. The molecular weight excluding hydrogens is 324 g/mol. The fourth-order valence-electron chi connectivity index (χ4n) is 2.24. The summed E-state index contributed by atoms with van der Waals surface area (Å²) < 4.78 is 8.91. The van der Waals surface area contributed by atoms with Crippen molar-refractivity contribution >= 4 is 32.9 Å². The molecule has 5 nitrogen and oxygen atoms in total. The molecular formula is C14H17BrN2O3. The van der Waals surface area contributed by atoms with Crippen molar-refractivity contribution in [3.8, 4) is 0 Å². The van der Waals surface area contributed by atoms with Crippen molar-refractivity contribution in [2.45, 2.75) is 26.8 Å². The van der Waals surface area contributed by atoms with Gasteiger partial charge in [-0.2, -0.15) is 0 Å². The maximum Gasteiger partial charge on any atom is 0.339 e. The van der Waals surface area contributed by atoms with Gasteiger partial charge in [0.25, 0.3) is 0 Å². The molecule has 0 fully saturated rings. The van der Waals surface area contributed by atoms with Gasteiger partial charge in [-0.25, -0.2) is 9.59 Å². The largest absolute Gasteiger partial charge is 0.462 e. The number of fused-ring (bicyclic) bond motifs is 1. The molecule has 0 aliphatic carbocycles. The Morgan fingerprint density at radius 2 is 2.00 bits per heavy atom. The molecule has 1 heterocycles. The van der Waals surface area contributed by atoms with E-state index in [4.69, 9.17) is 4.74 Å². The Labute approximate surface area is 125 Å². The van der Waals surface area contributed by atoms with Crippen LogP contribution >= 0.6 is 15.9 Å². The first-order chi connectivity index (χ1) is 9.38. The summed E-state index contributed by atoms with van der Waals surface area (Å²) in [6.07, 6.45) is 0. The minimum Gasteiger partial charge on any atom is -0.462 e. The maximum absolute atomic E-state index is 12.2. The minimum atomic E-state index is -0.395. The molecule has 0 saturated heterocycles. The molecule has 0 atom stereocenters. The molecule has 108 valence electrons. The molecule has 0 unspecified atom stereocenters.